The Morgan fingerprint density at radius 2 is 2.04 bits per heavy atom. The zero-order valence-corrected chi connectivity index (χ0v) is 12.9. The second-order valence-corrected chi connectivity index (χ2v) is 6.16. The molecule has 1 atom stereocenters. The van der Waals surface area contributed by atoms with Crippen molar-refractivity contribution in [2.75, 3.05) is 0 Å². The van der Waals surface area contributed by atoms with Crippen LogP contribution in [-0.2, 0) is 29.7 Å². The SMILES string of the molecule is Cn1c(C2CCC(=O)NC2=O)cnc1-c1ccc2c(c1)CNC2. The Bertz CT molecular complexity index is 809. The number of nitrogens with zero attached hydrogens (tertiary/aromatic N) is 2. The minimum absolute atomic E-state index is 0.195. The van der Waals surface area contributed by atoms with Crippen LogP contribution in [0, 0.1) is 0 Å². The van der Waals surface area contributed by atoms with Gasteiger partial charge in [-0.25, -0.2) is 4.98 Å². The second kappa shape index (κ2) is 5.31. The number of hydrogen-bond acceptors (Lipinski definition) is 4. The Labute approximate surface area is 133 Å². The molecular formula is C17H18N4O2. The molecule has 0 aliphatic carbocycles. The van der Waals surface area contributed by atoms with Crippen molar-refractivity contribution in [2.45, 2.75) is 31.8 Å². The zero-order chi connectivity index (χ0) is 16.0. The van der Waals surface area contributed by atoms with Crippen LogP contribution in [0.3, 0.4) is 0 Å². The Morgan fingerprint density at radius 3 is 2.87 bits per heavy atom. The number of benzene rings is 1. The molecule has 1 aromatic carbocycles. The summed E-state index contributed by atoms with van der Waals surface area (Å²) in [5, 5.41) is 5.75. The van der Waals surface area contributed by atoms with Crippen molar-refractivity contribution in [3.63, 3.8) is 0 Å². The van der Waals surface area contributed by atoms with Gasteiger partial charge in [-0.2, -0.15) is 0 Å². The van der Waals surface area contributed by atoms with Crippen LogP contribution >= 0.6 is 0 Å². The van der Waals surface area contributed by atoms with Gasteiger partial charge in [-0.15, -0.1) is 0 Å². The molecule has 0 bridgehead atoms. The molecule has 2 aliphatic heterocycles. The van der Waals surface area contributed by atoms with Gasteiger partial charge in [-0.05, 0) is 23.6 Å². The molecule has 2 amide bonds. The number of carbonyl (C=O) groups excluding carboxylic acids is 2. The second-order valence-electron chi connectivity index (χ2n) is 6.16. The summed E-state index contributed by atoms with van der Waals surface area (Å²) in [4.78, 5) is 27.9. The van der Waals surface area contributed by atoms with Crippen molar-refractivity contribution in [3.05, 3.63) is 41.2 Å². The summed E-state index contributed by atoms with van der Waals surface area (Å²) >= 11 is 0. The molecule has 1 aromatic heterocycles. The standard InChI is InChI=1S/C17H18N4O2/c1-21-14(13-4-5-15(22)20-17(13)23)9-19-16(21)10-2-3-11-7-18-8-12(11)6-10/h2-3,6,9,13,18H,4-5,7-8H2,1H3,(H,20,22,23). The Morgan fingerprint density at radius 1 is 1.22 bits per heavy atom. The highest BCUT2D eigenvalue weighted by atomic mass is 16.2. The number of fused-ring (bicyclic) bond motifs is 1. The van der Waals surface area contributed by atoms with E-state index in [9.17, 15) is 9.59 Å². The van der Waals surface area contributed by atoms with E-state index in [4.69, 9.17) is 0 Å². The molecule has 2 aromatic rings. The average molecular weight is 310 g/mol. The third-order valence-corrected chi connectivity index (χ3v) is 4.72. The van der Waals surface area contributed by atoms with Crippen LogP contribution < -0.4 is 10.6 Å². The lowest BCUT2D eigenvalue weighted by Crippen LogP contribution is -2.40. The maximum Gasteiger partial charge on any atom is 0.235 e. The molecule has 2 aliphatic rings. The van der Waals surface area contributed by atoms with E-state index in [1.807, 2.05) is 11.6 Å². The van der Waals surface area contributed by atoms with Crippen molar-refractivity contribution >= 4 is 11.8 Å². The van der Waals surface area contributed by atoms with Crippen molar-refractivity contribution in [1.29, 1.82) is 0 Å². The van der Waals surface area contributed by atoms with Gasteiger partial charge in [0.15, 0.2) is 0 Å². The summed E-state index contributed by atoms with van der Waals surface area (Å²) in [6, 6.07) is 6.36. The molecule has 0 saturated carbocycles. The van der Waals surface area contributed by atoms with Gasteiger partial charge in [0.2, 0.25) is 11.8 Å². The van der Waals surface area contributed by atoms with Gasteiger partial charge in [-0.3, -0.25) is 14.9 Å². The number of carbonyl (C=O) groups is 2. The summed E-state index contributed by atoms with van der Waals surface area (Å²) in [6.45, 7) is 1.80. The van der Waals surface area contributed by atoms with Crippen molar-refractivity contribution in [3.8, 4) is 11.4 Å². The fraction of sp³-hybridized carbons (Fsp3) is 0.353. The van der Waals surface area contributed by atoms with Crippen LogP contribution in [0.15, 0.2) is 24.4 Å². The zero-order valence-electron chi connectivity index (χ0n) is 12.9. The van der Waals surface area contributed by atoms with E-state index in [1.54, 1.807) is 6.20 Å². The quantitative estimate of drug-likeness (QED) is 0.818. The van der Waals surface area contributed by atoms with Crippen molar-refractivity contribution in [1.82, 2.24) is 20.2 Å². The number of hydrogen-bond donors (Lipinski definition) is 2. The van der Waals surface area contributed by atoms with Gasteiger partial charge in [0.25, 0.3) is 0 Å². The Balaban J connectivity index is 1.68. The average Bonchev–Trinajstić information content (AvgIpc) is 3.13. The van der Waals surface area contributed by atoms with Crippen LogP contribution in [0.2, 0.25) is 0 Å². The lowest BCUT2D eigenvalue weighted by Gasteiger charge is -2.21. The smallest absolute Gasteiger partial charge is 0.235 e. The summed E-state index contributed by atoms with van der Waals surface area (Å²) in [6.07, 6.45) is 2.67. The van der Waals surface area contributed by atoms with Crippen molar-refractivity contribution in [2.24, 2.45) is 7.05 Å². The topological polar surface area (TPSA) is 76.0 Å². The summed E-state index contributed by atoms with van der Waals surface area (Å²) in [5.41, 5.74) is 4.53. The van der Waals surface area contributed by atoms with Crippen LogP contribution in [0.4, 0.5) is 0 Å². The molecule has 6 nitrogen and oxygen atoms in total. The monoisotopic (exact) mass is 310 g/mol. The van der Waals surface area contributed by atoms with E-state index < -0.39 is 0 Å². The molecular weight excluding hydrogens is 292 g/mol. The molecule has 0 spiro atoms. The van der Waals surface area contributed by atoms with Crippen LogP contribution in [0.1, 0.15) is 35.6 Å². The van der Waals surface area contributed by atoms with Crippen molar-refractivity contribution < 1.29 is 9.59 Å². The van der Waals surface area contributed by atoms with Gasteiger partial charge < -0.3 is 9.88 Å². The van der Waals surface area contributed by atoms with E-state index >= 15 is 0 Å². The van der Waals surface area contributed by atoms with Crippen LogP contribution in [0.25, 0.3) is 11.4 Å². The number of imidazole rings is 1. The highest BCUT2D eigenvalue weighted by Crippen LogP contribution is 2.29. The number of aromatic nitrogens is 2. The number of rotatable bonds is 2. The first kappa shape index (κ1) is 14.1. The molecule has 1 unspecified atom stereocenters. The maximum atomic E-state index is 12.1. The first-order chi connectivity index (χ1) is 11.1. The number of piperidine rings is 1. The van der Waals surface area contributed by atoms with Gasteiger partial charge in [0, 0.05) is 44.0 Å². The predicted molar refractivity (Wildman–Crippen MR) is 84.3 cm³/mol. The highest BCUT2D eigenvalue weighted by molar-refractivity contribution is 6.00. The fourth-order valence-corrected chi connectivity index (χ4v) is 3.42. The molecule has 1 fully saturated rings. The van der Waals surface area contributed by atoms with Gasteiger partial charge in [0.1, 0.15) is 5.82 Å². The molecule has 0 radical (unpaired) electrons. The highest BCUT2D eigenvalue weighted by Gasteiger charge is 2.30. The van der Waals surface area contributed by atoms with Crippen LogP contribution in [0.5, 0.6) is 0 Å². The van der Waals surface area contributed by atoms with E-state index in [1.165, 1.54) is 11.1 Å². The summed E-state index contributed by atoms with van der Waals surface area (Å²) < 4.78 is 1.96. The predicted octanol–water partition coefficient (Wildman–Crippen LogP) is 1.21. The Hall–Kier alpha value is -2.47. The number of imide groups is 1. The lowest BCUT2D eigenvalue weighted by molar-refractivity contribution is -0.134. The molecule has 6 heteroatoms. The van der Waals surface area contributed by atoms with Gasteiger partial charge in [0.05, 0.1) is 5.92 Å². The molecule has 4 rings (SSSR count). The first-order valence-electron chi connectivity index (χ1n) is 7.81. The van der Waals surface area contributed by atoms with E-state index in [0.717, 1.165) is 30.2 Å². The molecule has 23 heavy (non-hydrogen) atoms. The first-order valence-corrected chi connectivity index (χ1v) is 7.81. The maximum absolute atomic E-state index is 12.1. The minimum atomic E-state index is -0.310. The molecule has 2 N–H and O–H groups in total. The third-order valence-electron chi connectivity index (χ3n) is 4.72. The fourth-order valence-electron chi connectivity index (χ4n) is 3.42. The van der Waals surface area contributed by atoms with Gasteiger partial charge in [-0.1, -0.05) is 12.1 Å². The van der Waals surface area contributed by atoms with Gasteiger partial charge >= 0.3 is 0 Å². The third kappa shape index (κ3) is 2.35. The van der Waals surface area contributed by atoms with Crippen LogP contribution in [-0.4, -0.2) is 21.4 Å². The largest absolute Gasteiger partial charge is 0.330 e. The van der Waals surface area contributed by atoms with E-state index in [2.05, 4.69) is 33.8 Å². The molecule has 118 valence electrons. The lowest BCUT2D eigenvalue weighted by atomic mass is 9.95. The van der Waals surface area contributed by atoms with E-state index in [0.29, 0.717) is 12.8 Å². The summed E-state index contributed by atoms with van der Waals surface area (Å²) in [7, 11) is 1.92. The molecule has 1 saturated heterocycles. The minimum Gasteiger partial charge on any atom is -0.330 e. The molecule has 3 heterocycles. The number of nitrogens with one attached hydrogen (secondary N) is 2. The normalized spacial score (nSPS) is 20.5. The van der Waals surface area contributed by atoms with E-state index in [-0.39, 0.29) is 17.7 Å². The Kier molecular flexibility index (Phi) is 3.27. The number of amides is 2. The summed E-state index contributed by atoms with van der Waals surface area (Å²) in [5.74, 6) is 0.114.